The second-order valence-electron chi connectivity index (χ2n) is 6.92. The van der Waals surface area contributed by atoms with Crippen molar-refractivity contribution < 1.29 is 42.0 Å². The summed E-state index contributed by atoms with van der Waals surface area (Å²) in [7, 11) is 1.47. The van der Waals surface area contributed by atoms with E-state index in [2.05, 4.69) is 0 Å². The highest BCUT2D eigenvalue weighted by Crippen LogP contribution is 2.31. The molecule has 0 saturated carbocycles. The first kappa shape index (κ1) is 24.3. The molecule has 0 radical (unpaired) electrons. The Morgan fingerprint density at radius 2 is 1.65 bits per heavy atom. The average Bonchev–Trinajstić information content (AvgIpc) is 2.70. The Morgan fingerprint density at radius 1 is 1.00 bits per heavy atom. The first-order chi connectivity index (χ1) is 14.6. The van der Waals surface area contributed by atoms with Crippen molar-refractivity contribution in [2.75, 3.05) is 20.3 Å². The van der Waals surface area contributed by atoms with Gasteiger partial charge in [-0.1, -0.05) is 6.07 Å². The number of ether oxygens (including phenoxy) is 4. The van der Waals surface area contributed by atoms with Gasteiger partial charge in [0, 0.05) is 6.42 Å². The molecular formula is C22H25F3O6. The normalized spacial score (nSPS) is 12.5. The van der Waals surface area contributed by atoms with Crippen molar-refractivity contribution in [2.24, 2.45) is 0 Å². The van der Waals surface area contributed by atoms with E-state index in [0.717, 1.165) is 12.1 Å². The summed E-state index contributed by atoms with van der Waals surface area (Å²) >= 11 is 0. The molecule has 0 fully saturated rings. The maximum Gasteiger partial charge on any atom is 0.416 e. The Labute approximate surface area is 178 Å². The molecule has 0 saturated heterocycles. The van der Waals surface area contributed by atoms with Gasteiger partial charge in [-0.15, -0.1) is 0 Å². The topological polar surface area (TPSA) is 74.2 Å². The first-order valence-electron chi connectivity index (χ1n) is 9.58. The molecule has 1 unspecified atom stereocenters. The van der Waals surface area contributed by atoms with E-state index >= 15 is 0 Å². The van der Waals surface area contributed by atoms with Crippen LogP contribution in [0.25, 0.3) is 0 Å². The molecule has 2 aromatic rings. The molecule has 0 heterocycles. The Balaban J connectivity index is 1.96. The Bertz CT molecular complexity index is 849. The molecule has 0 bridgehead atoms. The smallest absolute Gasteiger partial charge is 0.416 e. The summed E-state index contributed by atoms with van der Waals surface area (Å²) in [5.74, 6) is 0.0732. The lowest BCUT2D eigenvalue weighted by molar-refractivity contribution is -0.153. The van der Waals surface area contributed by atoms with Crippen LogP contribution in [0.5, 0.6) is 17.2 Å². The standard InChI is InChI=1S/C22H25F3O6/c1-14(2)31-20(21(26)27)13-15-4-9-18(28-3)19(12-15)30-11-10-29-17-7-5-16(6-8-17)22(23,24)25/h4-9,12,14,20H,10-11,13H2,1-3H3,(H,26,27). The van der Waals surface area contributed by atoms with Crippen molar-refractivity contribution in [3.63, 3.8) is 0 Å². The lowest BCUT2D eigenvalue weighted by Crippen LogP contribution is -2.29. The van der Waals surface area contributed by atoms with E-state index in [1.807, 2.05) is 0 Å². The number of rotatable bonds is 11. The van der Waals surface area contributed by atoms with E-state index in [1.165, 1.54) is 19.2 Å². The predicted octanol–water partition coefficient (Wildman–Crippen LogP) is 4.59. The lowest BCUT2D eigenvalue weighted by Gasteiger charge is -2.18. The van der Waals surface area contributed by atoms with Crippen LogP contribution in [-0.2, 0) is 22.1 Å². The van der Waals surface area contributed by atoms with Crippen molar-refractivity contribution in [1.82, 2.24) is 0 Å². The monoisotopic (exact) mass is 442 g/mol. The zero-order valence-electron chi connectivity index (χ0n) is 17.4. The van der Waals surface area contributed by atoms with Gasteiger partial charge in [0.2, 0.25) is 0 Å². The molecule has 6 nitrogen and oxygen atoms in total. The fourth-order valence-electron chi connectivity index (χ4n) is 2.75. The minimum atomic E-state index is -4.40. The molecule has 2 aromatic carbocycles. The van der Waals surface area contributed by atoms with Crippen LogP contribution in [-0.4, -0.2) is 43.6 Å². The van der Waals surface area contributed by atoms with E-state index in [1.54, 1.807) is 32.0 Å². The fraction of sp³-hybridized carbons (Fsp3) is 0.409. The van der Waals surface area contributed by atoms with Crippen molar-refractivity contribution in [3.05, 3.63) is 53.6 Å². The third-order valence-electron chi connectivity index (χ3n) is 4.15. The molecule has 1 N–H and O–H groups in total. The van der Waals surface area contributed by atoms with Crippen LogP contribution in [0.3, 0.4) is 0 Å². The van der Waals surface area contributed by atoms with Gasteiger partial charge in [-0.25, -0.2) is 4.79 Å². The zero-order chi connectivity index (χ0) is 23.0. The quantitative estimate of drug-likeness (QED) is 0.513. The number of alkyl halides is 3. The summed E-state index contributed by atoms with van der Waals surface area (Å²) in [6.45, 7) is 3.71. The van der Waals surface area contributed by atoms with E-state index in [0.29, 0.717) is 17.1 Å². The first-order valence-corrected chi connectivity index (χ1v) is 9.58. The highest BCUT2D eigenvalue weighted by Gasteiger charge is 2.30. The van der Waals surface area contributed by atoms with Crippen molar-refractivity contribution >= 4 is 5.97 Å². The summed E-state index contributed by atoms with van der Waals surface area (Å²) < 4.78 is 59.5. The van der Waals surface area contributed by atoms with Gasteiger partial charge < -0.3 is 24.1 Å². The predicted molar refractivity (Wildman–Crippen MR) is 107 cm³/mol. The summed E-state index contributed by atoms with van der Waals surface area (Å²) in [6, 6.07) is 9.42. The van der Waals surface area contributed by atoms with Crippen LogP contribution in [0, 0.1) is 0 Å². The van der Waals surface area contributed by atoms with E-state index < -0.39 is 23.8 Å². The molecule has 0 aliphatic rings. The summed E-state index contributed by atoms with van der Waals surface area (Å²) in [6.07, 6.45) is -5.49. The third-order valence-corrected chi connectivity index (χ3v) is 4.15. The maximum atomic E-state index is 12.6. The number of benzene rings is 2. The number of hydrogen-bond acceptors (Lipinski definition) is 5. The van der Waals surface area contributed by atoms with Gasteiger partial charge in [-0.2, -0.15) is 13.2 Å². The van der Waals surface area contributed by atoms with Crippen LogP contribution in [0.15, 0.2) is 42.5 Å². The van der Waals surface area contributed by atoms with Crippen molar-refractivity contribution in [1.29, 1.82) is 0 Å². The second-order valence-corrected chi connectivity index (χ2v) is 6.92. The molecule has 0 amide bonds. The van der Waals surface area contributed by atoms with Crippen molar-refractivity contribution in [2.45, 2.75) is 38.7 Å². The summed E-state index contributed by atoms with van der Waals surface area (Å²) in [4.78, 5) is 11.4. The highest BCUT2D eigenvalue weighted by molar-refractivity contribution is 5.72. The number of halogens is 3. The van der Waals surface area contributed by atoms with Gasteiger partial charge in [0.15, 0.2) is 17.6 Å². The third kappa shape index (κ3) is 7.67. The van der Waals surface area contributed by atoms with E-state index in [-0.39, 0.29) is 31.5 Å². The van der Waals surface area contributed by atoms with E-state index in [4.69, 9.17) is 18.9 Å². The number of hydrogen-bond donors (Lipinski definition) is 1. The molecular weight excluding hydrogens is 417 g/mol. The zero-order valence-corrected chi connectivity index (χ0v) is 17.4. The van der Waals surface area contributed by atoms with Gasteiger partial charge in [0.1, 0.15) is 19.0 Å². The minimum Gasteiger partial charge on any atom is -0.493 e. The van der Waals surface area contributed by atoms with Crippen LogP contribution in [0.2, 0.25) is 0 Å². The summed E-state index contributed by atoms with van der Waals surface area (Å²) in [5, 5.41) is 9.34. The highest BCUT2D eigenvalue weighted by atomic mass is 19.4. The van der Waals surface area contributed by atoms with Gasteiger partial charge in [0.05, 0.1) is 18.8 Å². The molecule has 1 atom stereocenters. The largest absolute Gasteiger partial charge is 0.493 e. The van der Waals surface area contributed by atoms with E-state index in [9.17, 15) is 23.1 Å². The van der Waals surface area contributed by atoms with Gasteiger partial charge in [-0.3, -0.25) is 0 Å². The minimum absolute atomic E-state index is 0.0902. The van der Waals surface area contributed by atoms with Crippen LogP contribution in [0.4, 0.5) is 13.2 Å². The van der Waals surface area contributed by atoms with Gasteiger partial charge in [-0.05, 0) is 55.8 Å². The molecule has 9 heteroatoms. The number of carboxylic acids is 1. The fourth-order valence-corrected chi connectivity index (χ4v) is 2.75. The molecule has 170 valence electrons. The molecule has 2 rings (SSSR count). The SMILES string of the molecule is COc1ccc(CC(OC(C)C)C(=O)O)cc1OCCOc1ccc(C(F)(F)F)cc1. The second kappa shape index (κ2) is 10.9. The number of methoxy groups -OCH3 is 1. The van der Waals surface area contributed by atoms with Crippen LogP contribution in [0.1, 0.15) is 25.0 Å². The average molecular weight is 442 g/mol. The molecule has 31 heavy (non-hydrogen) atoms. The lowest BCUT2D eigenvalue weighted by atomic mass is 10.1. The van der Waals surface area contributed by atoms with Gasteiger partial charge in [0.25, 0.3) is 0 Å². The summed E-state index contributed by atoms with van der Waals surface area (Å²) in [5.41, 5.74) is -0.0636. The number of carbonyl (C=O) groups is 1. The Morgan fingerprint density at radius 3 is 2.19 bits per heavy atom. The van der Waals surface area contributed by atoms with Crippen LogP contribution < -0.4 is 14.2 Å². The molecule has 0 aliphatic carbocycles. The Hall–Kier alpha value is -2.94. The molecule has 0 spiro atoms. The van der Waals surface area contributed by atoms with Crippen LogP contribution >= 0.6 is 0 Å². The number of carboxylic acid groups (broad SMARTS) is 1. The van der Waals surface area contributed by atoms with Crippen molar-refractivity contribution in [3.8, 4) is 17.2 Å². The number of aliphatic carboxylic acids is 1. The van der Waals surface area contributed by atoms with Gasteiger partial charge >= 0.3 is 12.1 Å². The maximum absolute atomic E-state index is 12.6. The molecule has 0 aromatic heterocycles. The molecule has 0 aliphatic heterocycles. The Kier molecular flexibility index (Phi) is 8.56.